The molecule has 2 rings (SSSR count). The predicted octanol–water partition coefficient (Wildman–Crippen LogP) is 2.60. The van der Waals surface area contributed by atoms with Crippen LogP contribution in [0.1, 0.15) is 11.1 Å². The maximum Gasteiger partial charge on any atom is 0.200 e. The Balaban J connectivity index is 2.10. The lowest BCUT2D eigenvalue weighted by Crippen LogP contribution is -1.92. The van der Waals surface area contributed by atoms with Gasteiger partial charge in [0.05, 0.1) is 7.11 Å². The molecule has 0 saturated heterocycles. The molecule has 4 nitrogen and oxygen atoms in total. The van der Waals surface area contributed by atoms with E-state index in [-0.39, 0.29) is 11.5 Å². The van der Waals surface area contributed by atoms with Gasteiger partial charge < -0.3 is 20.1 Å². The van der Waals surface area contributed by atoms with Crippen LogP contribution >= 0.6 is 0 Å². The van der Waals surface area contributed by atoms with Crippen LogP contribution in [0, 0.1) is 0 Å². The Morgan fingerprint density at radius 3 is 2.16 bits per heavy atom. The molecule has 0 aromatic heterocycles. The summed E-state index contributed by atoms with van der Waals surface area (Å²) < 4.78 is 5.15. The lowest BCUT2D eigenvalue weighted by atomic mass is 10.0. The maximum atomic E-state index is 9.43. The molecule has 2 aromatic carbocycles. The van der Waals surface area contributed by atoms with Crippen LogP contribution < -0.4 is 4.74 Å². The van der Waals surface area contributed by atoms with Crippen LogP contribution in [-0.4, -0.2) is 22.4 Å². The molecule has 0 fully saturated rings. The Hall–Kier alpha value is -2.36. The number of benzene rings is 2. The average Bonchev–Trinajstić information content (AvgIpc) is 2.42. The summed E-state index contributed by atoms with van der Waals surface area (Å²) in [6.07, 6.45) is 1.40. The van der Waals surface area contributed by atoms with E-state index in [1.165, 1.54) is 12.1 Å². The number of hydrogen-bond acceptors (Lipinski definition) is 4. The van der Waals surface area contributed by atoms with Crippen molar-refractivity contribution in [1.29, 1.82) is 0 Å². The highest BCUT2D eigenvalue weighted by Crippen LogP contribution is 2.35. The zero-order valence-corrected chi connectivity index (χ0v) is 10.6. The van der Waals surface area contributed by atoms with Crippen molar-refractivity contribution in [3.8, 4) is 23.0 Å². The Morgan fingerprint density at radius 1 is 0.895 bits per heavy atom. The van der Waals surface area contributed by atoms with Crippen molar-refractivity contribution in [3.05, 3.63) is 47.5 Å². The third kappa shape index (κ3) is 3.10. The molecule has 0 amide bonds. The van der Waals surface area contributed by atoms with Crippen LogP contribution in [0.15, 0.2) is 36.4 Å². The van der Waals surface area contributed by atoms with Gasteiger partial charge in [-0.1, -0.05) is 12.1 Å². The monoisotopic (exact) mass is 260 g/mol. The minimum Gasteiger partial charge on any atom is -0.504 e. The molecule has 100 valence electrons. The van der Waals surface area contributed by atoms with E-state index in [4.69, 9.17) is 4.74 Å². The summed E-state index contributed by atoms with van der Waals surface area (Å²) in [4.78, 5) is 0. The van der Waals surface area contributed by atoms with Gasteiger partial charge in [0.15, 0.2) is 17.2 Å². The highest BCUT2D eigenvalue weighted by molar-refractivity contribution is 5.51. The van der Waals surface area contributed by atoms with E-state index in [1.54, 1.807) is 7.11 Å². The number of aryl methyl sites for hydroxylation is 2. The molecule has 3 N–H and O–H groups in total. The molecule has 0 atom stereocenters. The van der Waals surface area contributed by atoms with Crippen LogP contribution in [-0.2, 0) is 12.8 Å². The first-order valence-corrected chi connectivity index (χ1v) is 5.97. The van der Waals surface area contributed by atoms with Gasteiger partial charge >= 0.3 is 0 Å². The van der Waals surface area contributed by atoms with Gasteiger partial charge in [0.1, 0.15) is 5.75 Å². The summed E-state index contributed by atoms with van der Waals surface area (Å²) in [5.41, 5.74) is 1.86. The van der Waals surface area contributed by atoms with Crippen molar-refractivity contribution in [2.24, 2.45) is 0 Å². The number of methoxy groups -OCH3 is 1. The summed E-state index contributed by atoms with van der Waals surface area (Å²) in [5, 5.41) is 28.1. The zero-order chi connectivity index (χ0) is 13.8. The first-order chi connectivity index (χ1) is 9.10. The Kier molecular flexibility index (Phi) is 3.80. The van der Waals surface area contributed by atoms with Gasteiger partial charge in [-0.05, 0) is 48.2 Å². The van der Waals surface area contributed by atoms with Crippen LogP contribution in [0.5, 0.6) is 23.0 Å². The second-order valence-electron chi connectivity index (χ2n) is 4.33. The molecule has 0 aliphatic heterocycles. The molecule has 4 heteroatoms. The van der Waals surface area contributed by atoms with Gasteiger partial charge in [0.25, 0.3) is 0 Å². The molecular formula is C15H16O4. The second kappa shape index (κ2) is 5.52. The smallest absolute Gasteiger partial charge is 0.200 e. The maximum absolute atomic E-state index is 9.43. The van der Waals surface area contributed by atoms with E-state index in [9.17, 15) is 15.3 Å². The van der Waals surface area contributed by atoms with E-state index < -0.39 is 5.75 Å². The Labute approximate surface area is 111 Å². The lowest BCUT2D eigenvalue weighted by Gasteiger charge is -2.07. The number of phenolic OH excluding ortho intramolecular Hbond substituents is 3. The Bertz CT molecular complexity index is 555. The normalized spacial score (nSPS) is 10.4. The standard InChI is InChI=1S/C15H16O4/c1-19-12-4-2-3-10(7-12)5-6-11-8-13(16)15(18)14(17)9-11/h2-4,7-9,16-18H,5-6H2,1H3. The molecule has 0 saturated carbocycles. The number of ether oxygens (including phenoxy) is 1. The summed E-state index contributed by atoms with van der Waals surface area (Å²) in [6.45, 7) is 0. The molecule has 0 aliphatic rings. The van der Waals surface area contributed by atoms with Crippen LogP contribution in [0.3, 0.4) is 0 Å². The first kappa shape index (κ1) is 13.1. The molecule has 0 radical (unpaired) electrons. The molecular weight excluding hydrogens is 244 g/mol. The molecule has 2 aromatic rings. The molecule has 0 aliphatic carbocycles. The molecule has 0 spiro atoms. The van der Waals surface area contributed by atoms with Crippen molar-refractivity contribution in [2.45, 2.75) is 12.8 Å². The summed E-state index contributed by atoms with van der Waals surface area (Å²) >= 11 is 0. The number of hydrogen-bond donors (Lipinski definition) is 3. The van der Waals surface area contributed by atoms with Crippen molar-refractivity contribution < 1.29 is 20.1 Å². The van der Waals surface area contributed by atoms with Crippen molar-refractivity contribution in [3.63, 3.8) is 0 Å². The largest absolute Gasteiger partial charge is 0.504 e. The highest BCUT2D eigenvalue weighted by atomic mass is 16.5. The second-order valence-corrected chi connectivity index (χ2v) is 4.33. The van der Waals surface area contributed by atoms with Gasteiger partial charge in [-0.2, -0.15) is 0 Å². The quantitative estimate of drug-likeness (QED) is 0.739. The SMILES string of the molecule is COc1cccc(CCc2cc(O)c(O)c(O)c2)c1. The summed E-state index contributed by atoms with van der Waals surface area (Å²) in [7, 11) is 1.62. The molecule has 0 heterocycles. The van der Waals surface area contributed by atoms with Crippen molar-refractivity contribution >= 4 is 0 Å². The van der Waals surface area contributed by atoms with Gasteiger partial charge in [-0.3, -0.25) is 0 Å². The fourth-order valence-corrected chi connectivity index (χ4v) is 1.92. The van der Waals surface area contributed by atoms with Gasteiger partial charge in [0.2, 0.25) is 0 Å². The predicted molar refractivity (Wildman–Crippen MR) is 71.8 cm³/mol. The number of aromatic hydroxyl groups is 3. The fraction of sp³-hybridized carbons (Fsp3) is 0.200. The topological polar surface area (TPSA) is 69.9 Å². The molecule has 0 bridgehead atoms. The van der Waals surface area contributed by atoms with Crippen LogP contribution in [0.4, 0.5) is 0 Å². The first-order valence-electron chi connectivity index (χ1n) is 5.97. The Morgan fingerprint density at radius 2 is 1.53 bits per heavy atom. The summed E-state index contributed by atoms with van der Waals surface area (Å²) in [6, 6.07) is 10.6. The van der Waals surface area contributed by atoms with Crippen LogP contribution in [0.25, 0.3) is 0 Å². The third-order valence-electron chi connectivity index (χ3n) is 2.97. The minimum absolute atomic E-state index is 0.305. The fourth-order valence-electron chi connectivity index (χ4n) is 1.92. The average molecular weight is 260 g/mol. The van der Waals surface area contributed by atoms with Gasteiger partial charge in [-0.15, -0.1) is 0 Å². The zero-order valence-electron chi connectivity index (χ0n) is 10.6. The van der Waals surface area contributed by atoms with Crippen molar-refractivity contribution in [1.82, 2.24) is 0 Å². The van der Waals surface area contributed by atoms with E-state index in [0.717, 1.165) is 23.3 Å². The molecule has 19 heavy (non-hydrogen) atoms. The van der Waals surface area contributed by atoms with E-state index in [2.05, 4.69) is 0 Å². The van der Waals surface area contributed by atoms with E-state index in [1.807, 2.05) is 24.3 Å². The highest BCUT2D eigenvalue weighted by Gasteiger charge is 2.08. The number of rotatable bonds is 4. The third-order valence-corrected chi connectivity index (χ3v) is 2.97. The van der Waals surface area contributed by atoms with E-state index >= 15 is 0 Å². The minimum atomic E-state index is -0.481. The van der Waals surface area contributed by atoms with E-state index in [0.29, 0.717) is 6.42 Å². The summed E-state index contributed by atoms with van der Waals surface area (Å²) in [5.74, 6) is -0.291. The number of phenols is 3. The lowest BCUT2D eigenvalue weighted by molar-refractivity contribution is 0.367. The van der Waals surface area contributed by atoms with Crippen molar-refractivity contribution in [2.75, 3.05) is 7.11 Å². The molecule has 0 unspecified atom stereocenters. The van der Waals surface area contributed by atoms with Gasteiger partial charge in [-0.25, -0.2) is 0 Å². The van der Waals surface area contributed by atoms with Gasteiger partial charge in [0, 0.05) is 0 Å². The van der Waals surface area contributed by atoms with Crippen LogP contribution in [0.2, 0.25) is 0 Å².